The third kappa shape index (κ3) is 3.81. The number of nitrogens with zero attached hydrogens (tertiary/aromatic N) is 1. The summed E-state index contributed by atoms with van der Waals surface area (Å²) in [6.07, 6.45) is 2.43. The standard InChI is InChI=1S/C14H19FN2O/c1-16-8-14(18)17(9-11-2-3-11)10-12-4-6-13(15)7-5-12/h4-7,11,16H,2-3,8-10H2,1H3. The molecule has 1 N–H and O–H groups in total. The van der Waals surface area contributed by atoms with Crippen molar-refractivity contribution in [1.82, 2.24) is 10.2 Å². The second-order valence-corrected chi connectivity index (χ2v) is 4.87. The maximum Gasteiger partial charge on any atom is 0.236 e. The van der Waals surface area contributed by atoms with Crippen molar-refractivity contribution in [2.45, 2.75) is 19.4 Å². The number of carbonyl (C=O) groups excluding carboxylic acids is 1. The molecule has 1 aromatic rings. The second-order valence-electron chi connectivity index (χ2n) is 4.87. The average molecular weight is 250 g/mol. The second kappa shape index (κ2) is 5.96. The molecule has 0 aliphatic heterocycles. The first-order valence-corrected chi connectivity index (χ1v) is 6.36. The molecule has 0 heterocycles. The lowest BCUT2D eigenvalue weighted by atomic mass is 10.2. The van der Waals surface area contributed by atoms with Crippen molar-refractivity contribution in [2.24, 2.45) is 5.92 Å². The fraction of sp³-hybridized carbons (Fsp3) is 0.500. The van der Waals surface area contributed by atoms with E-state index < -0.39 is 0 Å². The zero-order valence-corrected chi connectivity index (χ0v) is 10.7. The van der Waals surface area contributed by atoms with Crippen LogP contribution < -0.4 is 5.32 Å². The van der Waals surface area contributed by atoms with Gasteiger partial charge in [0.25, 0.3) is 0 Å². The number of rotatable bonds is 6. The van der Waals surface area contributed by atoms with Crippen LogP contribution in [-0.4, -0.2) is 30.9 Å². The van der Waals surface area contributed by atoms with E-state index in [0.29, 0.717) is 19.0 Å². The number of likely N-dealkylation sites (N-methyl/N-ethyl adjacent to an activating group) is 1. The highest BCUT2D eigenvalue weighted by Crippen LogP contribution is 2.30. The summed E-state index contributed by atoms with van der Waals surface area (Å²) in [5.41, 5.74) is 0.974. The summed E-state index contributed by atoms with van der Waals surface area (Å²) in [6, 6.07) is 6.35. The number of hydrogen-bond acceptors (Lipinski definition) is 2. The first kappa shape index (κ1) is 13.0. The van der Waals surface area contributed by atoms with Crippen LogP contribution in [0.3, 0.4) is 0 Å². The molecule has 1 aliphatic carbocycles. The van der Waals surface area contributed by atoms with E-state index in [9.17, 15) is 9.18 Å². The Balaban J connectivity index is 1.98. The zero-order chi connectivity index (χ0) is 13.0. The molecule has 18 heavy (non-hydrogen) atoms. The first-order chi connectivity index (χ1) is 8.69. The Morgan fingerprint density at radius 3 is 2.61 bits per heavy atom. The van der Waals surface area contributed by atoms with Gasteiger partial charge in [0.2, 0.25) is 5.91 Å². The monoisotopic (exact) mass is 250 g/mol. The molecular formula is C14H19FN2O. The van der Waals surface area contributed by atoms with Crippen LogP contribution >= 0.6 is 0 Å². The van der Waals surface area contributed by atoms with E-state index in [1.165, 1.54) is 25.0 Å². The van der Waals surface area contributed by atoms with Gasteiger partial charge in [-0.1, -0.05) is 12.1 Å². The largest absolute Gasteiger partial charge is 0.337 e. The Kier molecular flexibility index (Phi) is 4.31. The van der Waals surface area contributed by atoms with E-state index in [-0.39, 0.29) is 11.7 Å². The topological polar surface area (TPSA) is 32.3 Å². The summed E-state index contributed by atoms with van der Waals surface area (Å²) in [4.78, 5) is 13.8. The highest BCUT2D eigenvalue weighted by molar-refractivity contribution is 5.78. The molecule has 0 bridgehead atoms. The normalized spacial score (nSPS) is 14.6. The number of nitrogens with one attached hydrogen (secondary N) is 1. The van der Waals surface area contributed by atoms with Gasteiger partial charge in [-0.25, -0.2) is 4.39 Å². The van der Waals surface area contributed by atoms with Gasteiger partial charge in [-0.15, -0.1) is 0 Å². The third-order valence-corrected chi connectivity index (χ3v) is 3.14. The average Bonchev–Trinajstić information content (AvgIpc) is 3.15. The van der Waals surface area contributed by atoms with Gasteiger partial charge in [-0.2, -0.15) is 0 Å². The fourth-order valence-electron chi connectivity index (χ4n) is 1.94. The molecule has 1 saturated carbocycles. The zero-order valence-electron chi connectivity index (χ0n) is 10.7. The number of halogens is 1. The maximum absolute atomic E-state index is 12.8. The highest BCUT2D eigenvalue weighted by atomic mass is 19.1. The van der Waals surface area contributed by atoms with Crippen molar-refractivity contribution in [1.29, 1.82) is 0 Å². The molecular weight excluding hydrogens is 231 g/mol. The van der Waals surface area contributed by atoms with Crippen LogP contribution in [0.2, 0.25) is 0 Å². The lowest BCUT2D eigenvalue weighted by Crippen LogP contribution is -2.38. The molecule has 1 amide bonds. The van der Waals surface area contributed by atoms with Gasteiger partial charge in [0.05, 0.1) is 6.54 Å². The Morgan fingerprint density at radius 1 is 1.39 bits per heavy atom. The molecule has 0 unspecified atom stereocenters. The smallest absolute Gasteiger partial charge is 0.236 e. The number of benzene rings is 1. The Bertz CT molecular complexity index is 401. The summed E-state index contributed by atoms with van der Waals surface area (Å²) in [7, 11) is 1.77. The summed E-state index contributed by atoms with van der Waals surface area (Å²) >= 11 is 0. The summed E-state index contributed by atoms with van der Waals surface area (Å²) in [5, 5.41) is 2.89. The molecule has 1 aromatic carbocycles. The van der Waals surface area contributed by atoms with Gasteiger partial charge >= 0.3 is 0 Å². The molecule has 1 aliphatic rings. The minimum atomic E-state index is -0.242. The van der Waals surface area contributed by atoms with Crippen LogP contribution in [0.5, 0.6) is 0 Å². The Labute approximate surface area is 107 Å². The Hall–Kier alpha value is -1.42. The van der Waals surface area contributed by atoms with Crippen molar-refractivity contribution < 1.29 is 9.18 Å². The maximum atomic E-state index is 12.8. The predicted octanol–water partition coefficient (Wildman–Crippen LogP) is 1.78. The van der Waals surface area contributed by atoms with Crippen LogP contribution in [0.25, 0.3) is 0 Å². The molecule has 0 saturated heterocycles. The Morgan fingerprint density at radius 2 is 2.06 bits per heavy atom. The van der Waals surface area contributed by atoms with Crippen molar-refractivity contribution in [3.63, 3.8) is 0 Å². The quantitative estimate of drug-likeness (QED) is 0.834. The number of amides is 1. The van der Waals surface area contributed by atoms with Crippen LogP contribution in [0.15, 0.2) is 24.3 Å². The van der Waals surface area contributed by atoms with Crippen molar-refractivity contribution in [2.75, 3.05) is 20.1 Å². The number of carbonyl (C=O) groups is 1. The van der Waals surface area contributed by atoms with E-state index in [2.05, 4.69) is 5.32 Å². The van der Waals surface area contributed by atoms with E-state index in [0.717, 1.165) is 12.1 Å². The van der Waals surface area contributed by atoms with Gasteiger partial charge in [0, 0.05) is 13.1 Å². The summed E-state index contributed by atoms with van der Waals surface area (Å²) in [5.74, 6) is 0.522. The lowest BCUT2D eigenvalue weighted by molar-refractivity contribution is -0.131. The van der Waals surface area contributed by atoms with Gasteiger partial charge in [-0.3, -0.25) is 4.79 Å². The van der Waals surface area contributed by atoms with E-state index in [1.54, 1.807) is 19.2 Å². The molecule has 0 radical (unpaired) electrons. The fourth-order valence-corrected chi connectivity index (χ4v) is 1.94. The van der Waals surface area contributed by atoms with Crippen molar-refractivity contribution in [3.8, 4) is 0 Å². The number of hydrogen-bond donors (Lipinski definition) is 1. The van der Waals surface area contributed by atoms with E-state index >= 15 is 0 Å². The highest BCUT2D eigenvalue weighted by Gasteiger charge is 2.26. The molecule has 0 aromatic heterocycles. The summed E-state index contributed by atoms with van der Waals surface area (Å²) < 4.78 is 12.8. The van der Waals surface area contributed by atoms with Gasteiger partial charge in [-0.05, 0) is 43.5 Å². The SMILES string of the molecule is CNCC(=O)N(Cc1ccc(F)cc1)CC1CC1. The van der Waals surface area contributed by atoms with Crippen LogP contribution in [0.1, 0.15) is 18.4 Å². The van der Waals surface area contributed by atoms with Crippen molar-refractivity contribution in [3.05, 3.63) is 35.6 Å². The molecule has 0 atom stereocenters. The third-order valence-electron chi connectivity index (χ3n) is 3.14. The van der Waals surface area contributed by atoms with Crippen LogP contribution in [0, 0.1) is 11.7 Å². The van der Waals surface area contributed by atoms with Crippen molar-refractivity contribution >= 4 is 5.91 Å². The van der Waals surface area contributed by atoms with E-state index in [1.807, 2.05) is 4.90 Å². The molecule has 2 rings (SSSR count). The predicted molar refractivity (Wildman–Crippen MR) is 68.5 cm³/mol. The van der Waals surface area contributed by atoms with Crippen LogP contribution in [0.4, 0.5) is 4.39 Å². The minimum Gasteiger partial charge on any atom is -0.337 e. The van der Waals surface area contributed by atoms with Gasteiger partial charge in [0.1, 0.15) is 5.82 Å². The summed E-state index contributed by atoms with van der Waals surface area (Å²) in [6.45, 7) is 1.74. The molecule has 4 heteroatoms. The van der Waals surface area contributed by atoms with E-state index in [4.69, 9.17) is 0 Å². The van der Waals surface area contributed by atoms with Crippen LogP contribution in [-0.2, 0) is 11.3 Å². The minimum absolute atomic E-state index is 0.105. The molecule has 3 nitrogen and oxygen atoms in total. The molecule has 0 spiro atoms. The molecule has 98 valence electrons. The van der Waals surface area contributed by atoms with Gasteiger partial charge in [0.15, 0.2) is 0 Å². The lowest BCUT2D eigenvalue weighted by Gasteiger charge is -2.22. The first-order valence-electron chi connectivity index (χ1n) is 6.36. The van der Waals surface area contributed by atoms with Gasteiger partial charge < -0.3 is 10.2 Å². The molecule has 1 fully saturated rings.